The van der Waals surface area contributed by atoms with Crippen LogP contribution in [-0.2, 0) is 0 Å². The zero-order chi connectivity index (χ0) is 18.1. The van der Waals surface area contributed by atoms with Crippen LogP contribution in [0.4, 0.5) is 11.4 Å². The van der Waals surface area contributed by atoms with Crippen LogP contribution in [0.5, 0.6) is 0 Å². The van der Waals surface area contributed by atoms with Gasteiger partial charge in [0.1, 0.15) is 5.69 Å². The van der Waals surface area contributed by atoms with Crippen LogP contribution in [-0.4, -0.2) is 4.92 Å². The molecular weight excluding hydrogens is 348 g/mol. The molecule has 0 aliphatic carbocycles. The van der Waals surface area contributed by atoms with Gasteiger partial charge in [-0.3, -0.25) is 10.1 Å². The number of halogens is 1. The van der Waals surface area contributed by atoms with Gasteiger partial charge in [-0.1, -0.05) is 72.3 Å². The maximum atomic E-state index is 11.6. The monoisotopic (exact) mass is 364 g/mol. The van der Waals surface area contributed by atoms with Crippen LogP contribution in [0, 0.1) is 10.1 Å². The fraction of sp³-hybridized carbons (Fsp3) is 0.143. The standard InChI is InChI=1S/C21H17ClN2O2/c22-16-11-18-17(14-7-3-1-4-8-14)13-19(15-9-5-2-6-10-15)23-21(18)20(12-16)24(25)26/h1-12,17,19,23H,13H2. The van der Waals surface area contributed by atoms with Gasteiger partial charge in [0.2, 0.25) is 0 Å². The van der Waals surface area contributed by atoms with E-state index in [-0.39, 0.29) is 22.6 Å². The molecule has 0 fully saturated rings. The van der Waals surface area contributed by atoms with E-state index in [0.717, 1.165) is 23.1 Å². The summed E-state index contributed by atoms with van der Waals surface area (Å²) in [7, 11) is 0. The highest BCUT2D eigenvalue weighted by Gasteiger charge is 2.33. The van der Waals surface area contributed by atoms with E-state index in [0.29, 0.717) is 10.7 Å². The minimum atomic E-state index is -0.368. The molecule has 2 atom stereocenters. The van der Waals surface area contributed by atoms with Crippen molar-refractivity contribution in [2.24, 2.45) is 0 Å². The van der Waals surface area contributed by atoms with E-state index in [2.05, 4.69) is 17.4 Å². The Morgan fingerprint density at radius 2 is 1.58 bits per heavy atom. The van der Waals surface area contributed by atoms with Crippen LogP contribution >= 0.6 is 11.6 Å². The van der Waals surface area contributed by atoms with Crippen molar-refractivity contribution in [1.29, 1.82) is 0 Å². The molecule has 3 aromatic carbocycles. The molecule has 4 nitrogen and oxygen atoms in total. The van der Waals surface area contributed by atoms with Crippen LogP contribution in [0.1, 0.15) is 35.1 Å². The average Bonchev–Trinajstić information content (AvgIpc) is 2.68. The highest BCUT2D eigenvalue weighted by Crippen LogP contribution is 2.48. The molecule has 4 rings (SSSR count). The number of rotatable bonds is 3. The van der Waals surface area contributed by atoms with Gasteiger partial charge in [-0.05, 0) is 29.2 Å². The van der Waals surface area contributed by atoms with Crippen molar-refractivity contribution in [1.82, 2.24) is 0 Å². The predicted molar refractivity (Wildman–Crippen MR) is 104 cm³/mol. The molecule has 1 aliphatic rings. The molecule has 0 saturated carbocycles. The lowest BCUT2D eigenvalue weighted by molar-refractivity contribution is -0.384. The van der Waals surface area contributed by atoms with Gasteiger partial charge in [0.15, 0.2) is 0 Å². The Kier molecular flexibility index (Phi) is 4.35. The molecule has 0 spiro atoms. The van der Waals surface area contributed by atoms with Gasteiger partial charge in [0.25, 0.3) is 5.69 Å². The average molecular weight is 365 g/mol. The summed E-state index contributed by atoms with van der Waals surface area (Å²) in [5.74, 6) is 0.0371. The van der Waals surface area contributed by atoms with Crippen molar-refractivity contribution in [2.75, 3.05) is 5.32 Å². The summed E-state index contributed by atoms with van der Waals surface area (Å²) in [5, 5.41) is 15.4. The maximum absolute atomic E-state index is 11.6. The molecule has 0 radical (unpaired) electrons. The summed E-state index contributed by atoms with van der Waals surface area (Å²) >= 11 is 6.20. The molecule has 2 unspecified atom stereocenters. The van der Waals surface area contributed by atoms with E-state index in [4.69, 9.17) is 11.6 Å². The van der Waals surface area contributed by atoms with Gasteiger partial charge in [-0.15, -0.1) is 0 Å². The summed E-state index contributed by atoms with van der Waals surface area (Å²) in [6.45, 7) is 0. The van der Waals surface area contributed by atoms with Crippen molar-refractivity contribution in [2.45, 2.75) is 18.4 Å². The van der Waals surface area contributed by atoms with E-state index in [9.17, 15) is 10.1 Å². The summed E-state index contributed by atoms with van der Waals surface area (Å²) in [5.41, 5.74) is 3.71. The third-order valence-corrected chi connectivity index (χ3v) is 5.10. The minimum Gasteiger partial charge on any atom is -0.372 e. The maximum Gasteiger partial charge on any atom is 0.294 e. The van der Waals surface area contributed by atoms with Gasteiger partial charge in [0, 0.05) is 17.0 Å². The number of nitrogens with zero attached hydrogens (tertiary/aromatic N) is 1. The number of nitro benzene ring substituents is 1. The molecule has 1 N–H and O–H groups in total. The van der Waals surface area contributed by atoms with Crippen LogP contribution in [0.15, 0.2) is 72.8 Å². The zero-order valence-corrected chi connectivity index (χ0v) is 14.7. The van der Waals surface area contributed by atoms with E-state index < -0.39 is 0 Å². The lowest BCUT2D eigenvalue weighted by Gasteiger charge is -2.33. The van der Waals surface area contributed by atoms with Gasteiger partial charge in [0.05, 0.1) is 11.0 Å². The smallest absolute Gasteiger partial charge is 0.294 e. The van der Waals surface area contributed by atoms with Crippen LogP contribution < -0.4 is 5.32 Å². The van der Waals surface area contributed by atoms with Crippen LogP contribution in [0.25, 0.3) is 0 Å². The summed E-state index contributed by atoms with van der Waals surface area (Å²) in [6.07, 6.45) is 0.804. The van der Waals surface area contributed by atoms with Gasteiger partial charge in [-0.25, -0.2) is 0 Å². The highest BCUT2D eigenvalue weighted by molar-refractivity contribution is 6.31. The SMILES string of the molecule is O=[N+]([O-])c1cc(Cl)cc2c1NC(c1ccccc1)CC2c1ccccc1. The Hall–Kier alpha value is -2.85. The number of fused-ring (bicyclic) bond motifs is 1. The molecule has 1 heterocycles. The normalized spacial score (nSPS) is 18.7. The lowest BCUT2D eigenvalue weighted by atomic mass is 9.80. The summed E-state index contributed by atoms with van der Waals surface area (Å²) in [4.78, 5) is 11.3. The van der Waals surface area contributed by atoms with Crippen molar-refractivity contribution >= 4 is 23.0 Å². The largest absolute Gasteiger partial charge is 0.372 e. The molecule has 0 amide bonds. The Morgan fingerprint density at radius 3 is 2.19 bits per heavy atom. The van der Waals surface area contributed by atoms with Gasteiger partial charge in [-0.2, -0.15) is 0 Å². The number of hydrogen-bond acceptors (Lipinski definition) is 3. The van der Waals surface area contributed by atoms with Gasteiger partial charge >= 0.3 is 0 Å². The summed E-state index contributed by atoms with van der Waals surface area (Å²) < 4.78 is 0. The molecule has 3 aromatic rings. The Labute approximate surface area is 156 Å². The molecule has 0 aromatic heterocycles. The highest BCUT2D eigenvalue weighted by atomic mass is 35.5. The van der Waals surface area contributed by atoms with Crippen molar-refractivity contribution < 1.29 is 4.92 Å². The number of anilines is 1. The molecular formula is C21H17ClN2O2. The number of hydrogen-bond donors (Lipinski definition) is 1. The lowest BCUT2D eigenvalue weighted by Crippen LogP contribution is -2.23. The molecule has 26 heavy (non-hydrogen) atoms. The molecule has 1 aliphatic heterocycles. The first-order valence-electron chi connectivity index (χ1n) is 8.48. The first-order chi connectivity index (χ1) is 12.6. The fourth-order valence-corrected chi connectivity index (χ4v) is 3.91. The minimum absolute atomic E-state index is 0.00576. The molecule has 0 saturated heterocycles. The summed E-state index contributed by atoms with van der Waals surface area (Å²) in [6, 6.07) is 23.4. The van der Waals surface area contributed by atoms with Crippen molar-refractivity contribution in [3.63, 3.8) is 0 Å². The Balaban J connectivity index is 1.89. The first kappa shape index (κ1) is 16.6. The zero-order valence-electron chi connectivity index (χ0n) is 13.9. The first-order valence-corrected chi connectivity index (χ1v) is 8.85. The Bertz CT molecular complexity index is 945. The quantitative estimate of drug-likeness (QED) is 0.462. The van der Waals surface area contributed by atoms with E-state index in [1.807, 2.05) is 54.6 Å². The molecule has 130 valence electrons. The molecule has 5 heteroatoms. The predicted octanol–water partition coefficient (Wildman–Crippen LogP) is 5.94. The number of nitrogens with one attached hydrogen (secondary N) is 1. The van der Waals surface area contributed by atoms with Gasteiger partial charge < -0.3 is 5.32 Å². The topological polar surface area (TPSA) is 55.2 Å². The van der Waals surface area contributed by atoms with E-state index in [1.54, 1.807) is 0 Å². The third-order valence-electron chi connectivity index (χ3n) is 4.88. The van der Waals surface area contributed by atoms with Crippen LogP contribution in [0.3, 0.4) is 0 Å². The Morgan fingerprint density at radius 1 is 0.962 bits per heavy atom. The van der Waals surface area contributed by atoms with E-state index in [1.165, 1.54) is 6.07 Å². The fourth-order valence-electron chi connectivity index (χ4n) is 3.69. The van der Waals surface area contributed by atoms with Crippen molar-refractivity contribution in [3.05, 3.63) is 105 Å². The number of nitro groups is 1. The number of benzene rings is 3. The second kappa shape index (κ2) is 6.81. The molecule has 0 bridgehead atoms. The third kappa shape index (κ3) is 3.04. The second-order valence-electron chi connectivity index (χ2n) is 6.45. The van der Waals surface area contributed by atoms with Crippen molar-refractivity contribution in [3.8, 4) is 0 Å². The van der Waals surface area contributed by atoms with E-state index >= 15 is 0 Å². The second-order valence-corrected chi connectivity index (χ2v) is 6.89. The van der Waals surface area contributed by atoms with Crippen LogP contribution in [0.2, 0.25) is 5.02 Å².